The van der Waals surface area contributed by atoms with Crippen LogP contribution in [0.1, 0.15) is 0 Å². The molecule has 0 bridgehead atoms. The summed E-state index contributed by atoms with van der Waals surface area (Å²) >= 11 is 0. The minimum Gasteiger partial charge on any atom is -0.396 e. The summed E-state index contributed by atoms with van der Waals surface area (Å²) in [6.45, 7) is 0. The first kappa shape index (κ1) is 8.68. The first-order valence-electron chi connectivity index (χ1n) is 3.20. The van der Waals surface area contributed by atoms with E-state index in [0.29, 0.717) is 10.6 Å². The Labute approximate surface area is 72.5 Å². The van der Waals surface area contributed by atoms with E-state index in [2.05, 4.69) is 4.98 Å². The fourth-order valence-electron chi connectivity index (χ4n) is 0.738. The van der Waals surface area contributed by atoms with Crippen LogP contribution in [0.5, 0.6) is 0 Å². The van der Waals surface area contributed by atoms with Crippen molar-refractivity contribution in [2.45, 2.75) is 4.90 Å². The number of pyridine rings is 1. The van der Waals surface area contributed by atoms with E-state index in [1.807, 2.05) is 6.07 Å². The van der Waals surface area contributed by atoms with Gasteiger partial charge in [0, 0.05) is 6.20 Å². The number of nitriles is 1. The minimum absolute atomic E-state index is 0.0335. The molecule has 1 unspecified atom stereocenters. The van der Waals surface area contributed by atoms with E-state index in [9.17, 15) is 4.21 Å². The molecule has 0 aliphatic carbocycles. The third-order valence-corrected chi connectivity index (χ3v) is 2.50. The Morgan fingerprint density at radius 1 is 1.75 bits per heavy atom. The van der Waals surface area contributed by atoms with Crippen LogP contribution in [-0.4, -0.2) is 14.9 Å². The van der Waals surface area contributed by atoms with Crippen LogP contribution >= 0.6 is 0 Å². The predicted octanol–water partition coefficient (Wildman–Crippen LogP) is 0.295. The molecule has 0 aliphatic rings. The maximum absolute atomic E-state index is 11.2. The van der Waals surface area contributed by atoms with Crippen LogP contribution in [0.25, 0.3) is 0 Å². The maximum atomic E-state index is 11.2. The van der Waals surface area contributed by atoms with Gasteiger partial charge in [-0.25, -0.2) is 0 Å². The van der Waals surface area contributed by atoms with Gasteiger partial charge >= 0.3 is 0 Å². The van der Waals surface area contributed by atoms with Crippen molar-refractivity contribution in [2.24, 2.45) is 0 Å². The van der Waals surface area contributed by atoms with E-state index in [4.69, 9.17) is 11.0 Å². The van der Waals surface area contributed by atoms with Crippen molar-refractivity contribution in [2.75, 3.05) is 11.5 Å². The Kier molecular flexibility index (Phi) is 2.77. The topological polar surface area (TPSA) is 79.8 Å². The normalized spacial score (nSPS) is 11.9. The molecule has 0 radical (unpaired) electrons. The largest absolute Gasteiger partial charge is 0.396 e. The minimum atomic E-state index is -1.32. The van der Waals surface area contributed by atoms with Gasteiger partial charge in [0.25, 0.3) is 0 Å². The highest BCUT2D eigenvalue weighted by molar-refractivity contribution is 7.85. The van der Waals surface area contributed by atoms with E-state index in [-0.39, 0.29) is 5.75 Å². The maximum Gasteiger partial charge on any atom is 0.115 e. The summed E-state index contributed by atoms with van der Waals surface area (Å²) in [6, 6.07) is 3.38. The molecular formula is C7H7N3OS. The summed E-state index contributed by atoms with van der Waals surface area (Å²) in [4.78, 5) is 4.22. The highest BCUT2D eigenvalue weighted by atomic mass is 32.2. The molecule has 1 atom stereocenters. The van der Waals surface area contributed by atoms with E-state index in [1.165, 1.54) is 12.4 Å². The van der Waals surface area contributed by atoms with Crippen LogP contribution in [0.15, 0.2) is 23.4 Å². The quantitative estimate of drug-likeness (QED) is 0.711. The van der Waals surface area contributed by atoms with Crippen LogP contribution in [0.4, 0.5) is 5.69 Å². The van der Waals surface area contributed by atoms with Crippen LogP contribution in [-0.2, 0) is 10.8 Å². The molecule has 4 nitrogen and oxygen atoms in total. The molecule has 12 heavy (non-hydrogen) atoms. The fourth-order valence-corrected chi connectivity index (χ4v) is 1.54. The Balaban J connectivity index is 2.97. The van der Waals surface area contributed by atoms with Crippen molar-refractivity contribution in [1.82, 2.24) is 4.98 Å². The third kappa shape index (κ3) is 1.80. The number of rotatable bonds is 2. The summed E-state index contributed by atoms with van der Waals surface area (Å²) < 4.78 is 11.2. The van der Waals surface area contributed by atoms with Gasteiger partial charge in [-0.1, -0.05) is 0 Å². The lowest BCUT2D eigenvalue weighted by molar-refractivity contribution is 0.685. The number of nitrogens with two attached hydrogens (primary N) is 1. The molecule has 62 valence electrons. The monoisotopic (exact) mass is 181 g/mol. The second-order valence-corrected chi connectivity index (χ2v) is 3.48. The van der Waals surface area contributed by atoms with Crippen molar-refractivity contribution < 1.29 is 4.21 Å². The first-order chi connectivity index (χ1) is 5.75. The van der Waals surface area contributed by atoms with Crippen LogP contribution in [0.2, 0.25) is 0 Å². The molecule has 0 fully saturated rings. The van der Waals surface area contributed by atoms with E-state index in [1.54, 1.807) is 6.07 Å². The van der Waals surface area contributed by atoms with Crippen molar-refractivity contribution in [3.8, 4) is 6.07 Å². The van der Waals surface area contributed by atoms with Crippen molar-refractivity contribution in [3.05, 3.63) is 18.5 Å². The Hall–Kier alpha value is -1.41. The first-order valence-corrected chi connectivity index (χ1v) is 4.52. The van der Waals surface area contributed by atoms with Crippen LogP contribution in [0.3, 0.4) is 0 Å². The molecule has 1 rings (SSSR count). The van der Waals surface area contributed by atoms with Gasteiger partial charge in [-0.15, -0.1) is 0 Å². The summed E-state index contributed by atoms with van der Waals surface area (Å²) in [5.74, 6) is -0.0335. The van der Waals surface area contributed by atoms with Gasteiger partial charge in [0.15, 0.2) is 0 Å². The van der Waals surface area contributed by atoms with Crippen molar-refractivity contribution in [3.63, 3.8) is 0 Å². The van der Waals surface area contributed by atoms with Crippen LogP contribution in [0, 0.1) is 11.3 Å². The van der Waals surface area contributed by atoms with Crippen LogP contribution < -0.4 is 5.73 Å². The highest BCUT2D eigenvalue weighted by Gasteiger charge is 2.05. The molecule has 1 heterocycles. The summed E-state index contributed by atoms with van der Waals surface area (Å²) in [5.41, 5.74) is 5.85. The van der Waals surface area contributed by atoms with Crippen molar-refractivity contribution >= 4 is 16.5 Å². The number of aromatic nitrogens is 1. The molecule has 0 amide bonds. The lowest BCUT2D eigenvalue weighted by Gasteiger charge is -1.99. The van der Waals surface area contributed by atoms with Gasteiger partial charge in [-0.3, -0.25) is 9.19 Å². The molecule has 5 heteroatoms. The Bertz CT molecular complexity index is 345. The van der Waals surface area contributed by atoms with Gasteiger partial charge in [0.05, 0.1) is 33.6 Å². The zero-order chi connectivity index (χ0) is 8.97. The molecule has 1 aromatic heterocycles. The average molecular weight is 181 g/mol. The zero-order valence-corrected chi connectivity index (χ0v) is 7.04. The molecule has 0 spiro atoms. The molecular weight excluding hydrogens is 174 g/mol. The Morgan fingerprint density at radius 3 is 3.08 bits per heavy atom. The van der Waals surface area contributed by atoms with E-state index >= 15 is 0 Å². The smallest absolute Gasteiger partial charge is 0.115 e. The lowest BCUT2D eigenvalue weighted by atomic mass is 10.4. The number of hydrogen-bond acceptors (Lipinski definition) is 4. The third-order valence-electron chi connectivity index (χ3n) is 1.25. The van der Waals surface area contributed by atoms with Gasteiger partial charge in [-0.05, 0) is 6.07 Å². The number of nitrogen functional groups attached to an aromatic ring is 1. The SMILES string of the molecule is N#CCS(=O)c1ccncc1N. The molecule has 0 saturated carbocycles. The fraction of sp³-hybridized carbons (Fsp3) is 0.143. The number of nitrogens with zero attached hydrogens (tertiary/aromatic N) is 2. The summed E-state index contributed by atoms with van der Waals surface area (Å²) in [5, 5.41) is 8.29. The number of anilines is 1. The number of hydrogen-bond donors (Lipinski definition) is 1. The van der Waals surface area contributed by atoms with Gasteiger partial charge in [-0.2, -0.15) is 5.26 Å². The second kappa shape index (κ2) is 3.83. The van der Waals surface area contributed by atoms with Gasteiger partial charge in [0.1, 0.15) is 5.75 Å². The standard InChI is InChI=1S/C7H7N3OS/c8-2-4-12(11)7-1-3-10-5-6(7)9/h1,3,5H,4,9H2. The molecule has 0 aliphatic heterocycles. The molecule has 0 saturated heterocycles. The average Bonchev–Trinajstić information content (AvgIpc) is 2.05. The van der Waals surface area contributed by atoms with E-state index < -0.39 is 10.8 Å². The summed E-state index contributed by atoms with van der Waals surface area (Å²) in [6.07, 6.45) is 2.92. The molecule has 0 aromatic carbocycles. The second-order valence-electron chi connectivity index (χ2n) is 2.06. The lowest BCUT2D eigenvalue weighted by Crippen LogP contribution is -2.00. The summed E-state index contributed by atoms with van der Waals surface area (Å²) in [7, 11) is -1.32. The zero-order valence-electron chi connectivity index (χ0n) is 6.23. The van der Waals surface area contributed by atoms with Gasteiger partial charge in [0.2, 0.25) is 0 Å². The molecule has 1 aromatic rings. The van der Waals surface area contributed by atoms with Crippen molar-refractivity contribution in [1.29, 1.82) is 5.26 Å². The van der Waals surface area contributed by atoms with E-state index in [0.717, 1.165) is 0 Å². The predicted molar refractivity (Wildman–Crippen MR) is 45.5 cm³/mol. The highest BCUT2D eigenvalue weighted by Crippen LogP contribution is 2.13. The van der Waals surface area contributed by atoms with Gasteiger partial charge < -0.3 is 5.73 Å². The molecule has 2 N–H and O–H groups in total. The Morgan fingerprint density at radius 2 is 2.50 bits per heavy atom.